The molecule has 1 N–H and O–H groups in total. The van der Waals surface area contributed by atoms with Crippen LogP contribution in [0.4, 0.5) is 0 Å². The van der Waals surface area contributed by atoms with E-state index in [4.69, 9.17) is 9.47 Å². The van der Waals surface area contributed by atoms with Gasteiger partial charge in [-0.1, -0.05) is 31.9 Å². The molecule has 0 amide bonds. The average molecular weight is 396 g/mol. The maximum Gasteiger partial charge on any atom is 0.330 e. The van der Waals surface area contributed by atoms with Crippen molar-refractivity contribution in [2.45, 2.75) is 23.6 Å². The van der Waals surface area contributed by atoms with Crippen molar-refractivity contribution in [2.75, 3.05) is 6.61 Å². The molecule has 2 rings (SSSR count). The lowest BCUT2D eigenvalue weighted by atomic mass is 10.2. The zero-order valence-corrected chi connectivity index (χ0v) is 13.0. The molecule has 0 bridgehead atoms. The summed E-state index contributed by atoms with van der Waals surface area (Å²) in [6.07, 6.45) is 3.01. The van der Waals surface area contributed by atoms with E-state index in [-0.39, 0.29) is 10.9 Å². The summed E-state index contributed by atoms with van der Waals surface area (Å²) in [6.45, 7) is 0.382. The van der Waals surface area contributed by atoms with Crippen LogP contribution in [0.5, 0.6) is 0 Å². The van der Waals surface area contributed by atoms with Crippen LogP contribution in [0.3, 0.4) is 0 Å². The molecule has 0 radical (unpaired) electrons. The molecule has 104 valence electrons. The molecule has 1 aliphatic rings. The minimum absolute atomic E-state index is 0.0834. The van der Waals surface area contributed by atoms with Gasteiger partial charge in [-0.3, -0.25) is 14.3 Å². The number of hydrogen-bond acceptors (Lipinski definition) is 4. The van der Waals surface area contributed by atoms with E-state index in [1.165, 1.54) is 23.1 Å². The lowest BCUT2D eigenvalue weighted by Gasteiger charge is -2.15. The zero-order valence-electron chi connectivity index (χ0n) is 9.79. The van der Waals surface area contributed by atoms with Gasteiger partial charge in [-0.05, 0) is 0 Å². The first kappa shape index (κ1) is 14.5. The lowest BCUT2D eigenvalue weighted by Crippen LogP contribution is -2.31. The highest BCUT2D eigenvalue weighted by molar-refractivity contribution is 9.11. The number of alkyl halides is 1. The van der Waals surface area contributed by atoms with E-state index in [2.05, 4.69) is 36.8 Å². The Morgan fingerprint density at radius 2 is 2.37 bits per heavy atom. The minimum atomic E-state index is -0.473. The molecule has 1 aliphatic heterocycles. The van der Waals surface area contributed by atoms with Gasteiger partial charge in [0.1, 0.15) is 18.9 Å². The zero-order chi connectivity index (χ0) is 13.8. The Kier molecular flexibility index (Phi) is 5.00. The molecule has 0 aliphatic carbocycles. The van der Waals surface area contributed by atoms with Crippen molar-refractivity contribution in [3.05, 3.63) is 44.3 Å². The number of ether oxygens (including phenoxy) is 2. The van der Waals surface area contributed by atoms with Crippen molar-refractivity contribution < 1.29 is 9.47 Å². The molecule has 1 unspecified atom stereocenters. The highest BCUT2D eigenvalue weighted by Crippen LogP contribution is 2.32. The Morgan fingerprint density at radius 3 is 3.05 bits per heavy atom. The summed E-state index contributed by atoms with van der Waals surface area (Å²) in [7, 11) is 0. The topological polar surface area (TPSA) is 73.3 Å². The predicted molar refractivity (Wildman–Crippen MR) is 76.6 cm³/mol. The Bertz CT molecular complexity index is 568. The Hall–Kier alpha value is -0.860. The molecule has 1 aromatic rings. The third kappa shape index (κ3) is 3.58. The van der Waals surface area contributed by atoms with Crippen LogP contribution >= 0.6 is 31.9 Å². The van der Waals surface area contributed by atoms with Crippen LogP contribution in [0.25, 0.3) is 0 Å². The van der Waals surface area contributed by atoms with E-state index in [0.29, 0.717) is 13.0 Å². The van der Waals surface area contributed by atoms with Gasteiger partial charge in [0.05, 0.1) is 6.26 Å². The molecule has 1 saturated heterocycles. The first-order valence-corrected chi connectivity index (χ1v) is 7.43. The van der Waals surface area contributed by atoms with E-state index in [0.717, 1.165) is 0 Å². The fraction of sp³-hybridized carbons (Fsp3) is 0.455. The number of rotatable bonds is 4. The highest BCUT2D eigenvalue weighted by Gasteiger charge is 2.35. The quantitative estimate of drug-likeness (QED) is 0.618. The van der Waals surface area contributed by atoms with Crippen molar-refractivity contribution in [1.29, 1.82) is 0 Å². The van der Waals surface area contributed by atoms with E-state index in [1.807, 2.05) is 0 Å². The Labute approximate surface area is 125 Å². The summed E-state index contributed by atoms with van der Waals surface area (Å²) in [6, 6.07) is 1.30. The SMILES string of the molecule is O=c1ccn([C@@H]2CC(Br)[C@H](CO/C=C/Br)O2)c(=O)[nH]1. The summed E-state index contributed by atoms with van der Waals surface area (Å²) in [5.41, 5.74) is -0.892. The highest BCUT2D eigenvalue weighted by atomic mass is 79.9. The fourth-order valence-electron chi connectivity index (χ4n) is 1.85. The van der Waals surface area contributed by atoms with Crippen LogP contribution in [-0.4, -0.2) is 27.1 Å². The van der Waals surface area contributed by atoms with Gasteiger partial charge in [0.25, 0.3) is 5.56 Å². The van der Waals surface area contributed by atoms with Crippen LogP contribution in [-0.2, 0) is 9.47 Å². The molecular weight excluding hydrogens is 384 g/mol. The van der Waals surface area contributed by atoms with Gasteiger partial charge >= 0.3 is 5.69 Å². The van der Waals surface area contributed by atoms with Crippen molar-refractivity contribution in [3.8, 4) is 0 Å². The molecular formula is C11H12Br2N2O4. The second-order valence-corrected chi connectivity index (χ2v) is 5.70. The first-order valence-electron chi connectivity index (χ1n) is 5.59. The van der Waals surface area contributed by atoms with Crippen LogP contribution in [0.2, 0.25) is 0 Å². The molecule has 2 heterocycles. The van der Waals surface area contributed by atoms with Crippen LogP contribution < -0.4 is 11.2 Å². The monoisotopic (exact) mass is 394 g/mol. The number of H-pyrrole nitrogens is 1. The van der Waals surface area contributed by atoms with Gasteiger partial charge in [-0.15, -0.1) is 0 Å². The van der Waals surface area contributed by atoms with Crippen LogP contribution in [0, 0.1) is 0 Å². The number of aromatic amines is 1. The number of nitrogens with one attached hydrogen (secondary N) is 1. The smallest absolute Gasteiger partial charge is 0.330 e. The molecule has 0 aromatic carbocycles. The van der Waals surface area contributed by atoms with Crippen molar-refractivity contribution in [2.24, 2.45) is 0 Å². The molecule has 0 spiro atoms. The second kappa shape index (κ2) is 6.53. The molecule has 0 saturated carbocycles. The molecule has 1 aromatic heterocycles. The van der Waals surface area contributed by atoms with Gasteiger partial charge in [0.2, 0.25) is 0 Å². The van der Waals surface area contributed by atoms with Gasteiger partial charge in [0.15, 0.2) is 0 Å². The molecule has 3 atom stereocenters. The molecule has 6 nitrogen and oxygen atoms in total. The lowest BCUT2D eigenvalue weighted by molar-refractivity contribution is -0.0261. The average Bonchev–Trinajstić information content (AvgIpc) is 2.71. The molecule has 19 heavy (non-hydrogen) atoms. The Morgan fingerprint density at radius 1 is 1.58 bits per heavy atom. The normalized spacial score (nSPS) is 26.9. The predicted octanol–water partition coefficient (Wildman–Crippen LogP) is 1.47. The summed E-state index contributed by atoms with van der Waals surface area (Å²) in [5.74, 6) is 0. The first-order chi connectivity index (χ1) is 9.11. The minimum Gasteiger partial charge on any atom is -0.498 e. The summed E-state index contributed by atoms with van der Waals surface area (Å²) < 4.78 is 12.4. The van der Waals surface area contributed by atoms with Crippen molar-refractivity contribution in [1.82, 2.24) is 9.55 Å². The van der Waals surface area contributed by atoms with Crippen LogP contribution in [0.15, 0.2) is 33.1 Å². The standard InChI is InChI=1S/C11H12Br2N2O4/c12-2-4-18-6-8-7(13)5-10(19-8)15-3-1-9(16)14-11(15)17/h1-4,7-8,10H,5-6H2,(H,14,16,17)/b4-2+/t7?,8-,10-/m0/s1. The maximum atomic E-state index is 11.7. The fourth-order valence-corrected chi connectivity index (χ4v) is 2.60. The largest absolute Gasteiger partial charge is 0.498 e. The van der Waals surface area contributed by atoms with Crippen molar-refractivity contribution >= 4 is 31.9 Å². The van der Waals surface area contributed by atoms with Crippen LogP contribution in [0.1, 0.15) is 12.6 Å². The summed E-state index contributed by atoms with van der Waals surface area (Å²) >= 11 is 6.61. The number of nitrogens with zero attached hydrogens (tertiary/aromatic N) is 1. The van der Waals surface area contributed by atoms with Gasteiger partial charge < -0.3 is 9.47 Å². The van der Waals surface area contributed by atoms with Gasteiger partial charge in [0, 0.05) is 28.5 Å². The van der Waals surface area contributed by atoms with E-state index in [9.17, 15) is 9.59 Å². The van der Waals surface area contributed by atoms with Gasteiger partial charge in [-0.2, -0.15) is 0 Å². The molecule has 1 fully saturated rings. The van der Waals surface area contributed by atoms with E-state index in [1.54, 1.807) is 4.99 Å². The van der Waals surface area contributed by atoms with E-state index < -0.39 is 17.5 Å². The number of halogens is 2. The summed E-state index contributed by atoms with van der Waals surface area (Å²) in [5, 5.41) is 0. The molecule has 8 heteroatoms. The maximum absolute atomic E-state index is 11.7. The third-order valence-electron chi connectivity index (χ3n) is 2.73. The summed E-state index contributed by atoms with van der Waals surface area (Å²) in [4.78, 5) is 26.6. The van der Waals surface area contributed by atoms with Gasteiger partial charge in [-0.25, -0.2) is 4.79 Å². The van der Waals surface area contributed by atoms with Crippen molar-refractivity contribution in [3.63, 3.8) is 0 Å². The third-order valence-corrected chi connectivity index (χ3v) is 3.91. The number of hydrogen-bond donors (Lipinski definition) is 1. The van der Waals surface area contributed by atoms with E-state index >= 15 is 0 Å². The Balaban J connectivity index is 2.07. The second-order valence-electron chi connectivity index (χ2n) is 3.99. The number of aromatic nitrogens is 2.